The van der Waals surface area contributed by atoms with Gasteiger partial charge in [-0.15, -0.1) is 0 Å². The minimum Gasteiger partial charge on any atom is -0.155 e. The number of nitrogens with zero attached hydrogens (tertiary/aromatic N) is 2. The fourth-order valence-electron chi connectivity index (χ4n) is 1.05. The molecule has 0 saturated heterocycles. The molecule has 0 radical (unpaired) electrons. The van der Waals surface area contributed by atoms with Gasteiger partial charge in [0.25, 0.3) is 0 Å². The molecular weight excluding hydrogens is 287 g/mol. The Morgan fingerprint density at radius 3 is 1.64 bits per heavy atom. The van der Waals surface area contributed by atoms with E-state index >= 15 is 0 Å². The molecule has 3 heteroatoms. The first-order valence-corrected chi connectivity index (χ1v) is 5.83. The zero-order chi connectivity index (χ0) is 11.0. The van der Waals surface area contributed by atoms with Crippen molar-refractivity contribution in [2.75, 3.05) is 0 Å². The zero-order valence-corrected chi connectivity index (χ0v) is 11.6. The molecule has 0 N–H and O–H groups in total. The second-order valence-corrected chi connectivity index (χ2v) is 7.72. The Hall–Kier alpha value is -0.190. The van der Waals surface area contributed by atoms with E-state index < -0.39 is 0 Å². The van der Waals surface area contributed by atoms with Crippen LogP contribution in [0.3, 0.4) is 0 Å². The minimum atomic E-state index is 0.0567. The summed E-state index contributed by atoms with van der Waals surface area (Å²) in [6, 6.07) is 4.14. The molecule has 2 nitrogen and oxygen atoms in total. The second kappa shape index (κ2) is 3.76. The maximum atomic E-state index is 4.26. The summed E-state index contributed by atoms with van der Waals surface area (Å²) < 4.78 is 0.0567. The lowest BCUT2D eigenvalue weighted by molar-refractivity contribution is 0.553. The Kier molecular flexibility index (Phi) is 3.19. The molecule has 0 aliphatic heterocycles. The van der Waals surface area contributed by atoms with Crippen LogP contribution in [0.2, 0.25) is 0 Å². The van der Waals surface area contributed by atoms with E-state index in [0.717, 1.165) is 11.4 Å². The van der Waals surface area contributed by atoms with Crippen molar-refractivity contribution in [3.05, 3.63) is 23.5 Å². The van der Waals surface area contributed by atoms with Crippen LogP contribution in [0.25, 0.3) is 0 Å². The number of hydrogen-bond acceptors (Lipinski definition) is 2. The van der Waals surface area contributed by atoms with Gasteiger partial charge in [0.05, 0.1) is 14.8 Å². The van der Waals surface area contributed by atoms with Crippen molar-refractivity contribution in [2.24, 2.45) is 0 Å². The van der Waals surface area contributed by atoms with E-state index in [1.807, 2.05) is 0 Å². The van der Waals surface area contributed by atoms with Crippen LogP contribution in [0.5, 0.6) is 0 Å². The van der Waals surface area contributed by atoms with Gasteiger partial charge in [0, 0.05) is 5.41 Å². The topological polar surface area (TPSA) is 25.8 Å². The van der Waals surface area contributed by atoms with Gasteiger partial charge in [0.1, 0.15) is 0 Å². The standard InChI is InChI=1S/C11H17IN2/c1-10(2,3)8-6-7-9(14-13-8)11(4,5)12/h6-7H,1-5H3. The molecule has 0 bridgehead atoms. The van der Waals surface area contributed by atoms with E-state index in [9.17, 15) is 0 Å². The van der Waals surface area contributed by atoms with Crippen LogP contribution in [0.15, 0.2) is 12.1 Å². The lowest BCUT2D eigenvalue weighted by atomic mass is 9.92. The number of alkyl halides is 1. The summed E-state index contributed by atoms with van der Waals surface area (Å²) in [7, 11) is 0. The maximum absolute atomic E-state index is 4.26. The molecule has 0 unspecified atom stereocenters. The van der Waals surface area contributed by atoms with Gasteiger partial charge in [-0.25, -0.2) is 0 Å². The number of aromatic nitrogens is 2. The summed E-state index contributed by atoms with van der Waals surface area (Å²) in [6.45, 7) is 10.7. The van der Waals surface area contributed by atoms with E-state index in [2.05, 4.69) is 79.5 Å². The predicted octanol–water partition coefficient (Wildman–Crippen LogP) is 3.44. The zero-order valence-electron chi connectivity index (χ0n) is 9.43. The summed E-state index contributed by atoms with van der Waals surface area (Å²) >= 11 is 2.37. The van der Waals surface area contributed by atoms with Gasteiger partial charge >= 0.3 is 0 Å². The second-order valence-electron chi connectivity index (χ2n) is 5.03. The van der Waals surface area contributed by atoms with Gasteiger partial charge in [-0.2, -0.15) is 10.2 Å². The molecule has 0 spiro atoms. The first-order chi connectivity index (χ1) is 6.21. The maximum Gasteiger partial charge on any atom is 0.0784 e. The largest absolute Gasteiger partial charge is 0.155 e. The van der Waals surface area contributed by atoms with Crippen molar-refractivity contribution in [2.45, 2.75) is 43.5 Å². The number of rotatable bonds is 1. The van der Waals surface area contributed by atoms with E-state index in [1.165, 1.54) is 0 Å². The quantitative estimate of drug-likeness (QED) is 0.587. The van der Waals surface area contributed by atoms with Gasteiger partial charge in [-0.1, -0.05) is 43.4 Å². The van der Waals surface area contributed by atoms with Crippen LogP contribution in [0.1, 0.15) is 46.0 Å². The van der Waals surface area contributed by atoms with Crippen molar-refractivity contribution in [3.63, 3.8) is 0 Å². The van der Waals surface area contributed by atoms with Crippen molar-refractivity contribution in [1.82, 2.24) is 10.2 Å². The van der Waals surface area contributed by atoms with Crippen molar-refractivity contribution in [3.8, 4) is 0 Å². The molecule has 0 aliphatic rings. The number of halogens is 1. The van der Waals surface area contributed by atoms with E-state index in [1.54, 1.807) is 0 Å². The van der Waals surface area contributed by atoms with Gasteiger partial charge in [-0.05, 0) is 26.0 Å². The Balaban J connectivity index is 3.02. The lowest BCUT2D eigenvalue weighted by Crippen LogP contribution is -2.17. The van der Waals surface area contributed by atoms with Crippen LogP contribution >= 0.6 is 22.6 Å². The van der Waals surface area contributed by atoms with E-state index in [-0.39, 0.29) is 8.84 Å². The molecule has 0 amide bonds. The van der Waals surface area contributed by atoms with E-state index in [0.29, 0.717) is 0 Å². The van der Waals surface area contributed by atoms with Crippen LogP contribution in [0.4, 0.5) is 0 Å². The first-order valence-electron chi connectivity index (χ1n) is 4.75. The lowest BCUT2D eigenvalue weighted by Gasteiger charge is -2.19. The summed E-state index contributed by atoms with van der Waals surface area (Å²) in [5.41, 5.74) is 2.16. The summed E-state index contributed by atoms with van der Waals surface area (Å²) in [5.74, 6) is 0. The van der Waals surface area contributed by atoms with Gasteiger partial charge in [0.15, 0.2) is 0 Å². The average Bonchev–Trinajstić information content (AvgIpc) is 2.01. The summed E-state index contributed by atoms with van der Waals surface area (Å²) in [6.07, 6.45) is 0. The van der Waals surface area contributed by atoms with Crippen molar-refractivity contribution < 1.29 is 0 Å². The molecule has 0 atom stereocenters. The number of hydrogen-bond donors (Lipinski definition) is 0. The highest BCUT2D eigenvalue weighted by Crippen LogP contribution is 2.29. The Labute approximate surface area is 99.7 Å². The van der Waals surface area contributed by atoms with Gasteiger partial charge in [-0.3, -0.25) is 0 Å². The molecule has 1 rings (SSSR count). The molecular formula is C11H17IN2. The van der Waals surface area contributed by atoms with Crippen LogP contribution in [-0.2, 0) is 8.84 Å². The van der Waals surface area contributed by atoms with Crippen LogP contribution < -0.4 is 0 Å². The molecule has 1 aromatic rings. The fourth-order valence-corrected chi connectivity index (χ4v) is 1.34. The highest BCUT2D eigenvalue weighted by atomic mass is 127. The Morgan fingerprint density at radius 2 is 1.36 bits per heavy atom. The van der Waals surface area contributed by atoms with Crippen molar-refractivity contribution >= 4 is 22.6 Å². The van der Waals surface area contributed by atoms with Gasteiger partial charge < -0.3 is 0 Å². The summed E-state index contributed by atoms with van der Waals surface area (Å²) in [5, 5.41) is 8.52. The minimum absolute atomic E-state index is 0.0567. The molecule has 0 fully saturated rings. The Morgan fingerprint density at radius 1 is 0.929 bits per heavy atom. The molecule has 78 valence electrons. The molecule has 0 aromatic carbocycles. The third-order valence-corrected chi connectivity index (χ3v) is 2.59. The monoisotopic (exact) mass is 304 g/mol. The molecule has 14 heavy (non-hydrogen) atoms. The predicted molar refractivity (Wildman–Crippen MR) is 67.8 cm³/mol. The molecule has 1 aromatic heterocycles. The van der Waals surface area contributed by atoms with E-state index in [4.69, 9.17) is 0 Å². The normalized spacial score (nSPS) is 13.0. The highest BCUT2D eigenvalue weighted by molar-refractivity contribution is 14.1. The molecule has 0 aliphatic carbocycles. The highest BCUT2D eigenvalue weighted by Gasteiger charge is 2.20. The average molecular weight is 304 g/mol. The van der Waals surface area contributed by atoms with Crippen molar-refractivity contribution in [1.29, 1.82) is 0 Å². The third-order valence-electron chi connectivity index (χ3n) is 2.04. The third kappa shape index (κ3) is 2.90. The smallest absolute Gasteiger partial charge is 0.0784 e. The van der Waals surface area contributed by atoms with Crippen LogP contribution in [0, 0.1) is 0 Å². The van der Waals surface area contributed by atoms with Crippen LogP contribution in [-0.4, -0.2) is 10.2 Å². The Bertz CT molecular complexity index is 271. The van der Waals surface area contributed by atoms with Gasteiger partial charge in [0.2, 0.25) is 0 Å². The molecule has 1 heterocycles. The fraction of sp³-hybridized carbons (Fsp3) is 0.636. The molecule has 0 saturated carbocycles. The first kappa shape index (κ1) is 11.9. The summed E-state index contributed by atoms with van der Waals surface area (Å²) in [4.78, 5) is 0. The SMILES string of the molecule is CC(C)(C)c1ccc(C(C)(C)I)nn1.